The summed E-state index contributed by atoms with van der Waals surface area (Å²) in [5.41, 5.74) is 1.35. The second-order valence-electron chi connectivity index (χ2n) is 7.41. The number of rotatable bonds is 10. The Morgan fingerprint density at radius 1 is 1.38 bits per heavy atom. The van der Waals surface area contributed by atoms with E-state index in [2.05, 4.69) is 20.2 Å². The lowest BCUT2D eigenvalue weighted by atomic mass is 9.96. The number of pyridine rings is 1. The van der Waals surface area contributed by atoms with E-state index in [1.165, 1.54) is 11.7 Å². The first kappa shape index (κ1) is 23.9. The fourth-order valence-electron chi connectivity index (χ4n) is 3.68. The molecule has 1 N–H and O–H groups in total. The van der Waals surface area contributed by atoms with Crippen molar-refractivity contribution in [2.75, 3.05) is 32.9 Å². The lowest BCUT2D eigenvalue weighted by Crippen LogP contribution is -2.43. The zero-order valence-corrected chi connectivity index (χ0v) is 18.2. The van der Waals surface area contributed by atoms with Crippen molar-refractivity contribution in [2.45, 2.75) is 31.7 Å². The van der Waals surface area contributed by atoms with Gasteiger partial charge in [0.1, 0.15) is 11.8 Å². The van der Waals surface area contributed by atoms with Crippen LogP contribution in [0.25, 0.3) is 0 Å². The number of alkyl halides is 3. The maximum Gasteiger partial charge on any atom is 0.281 e. The summed E-state index contributed by atoms with van der Waals surface area (Å²) < 4.78 is 45.1. The molecule has 1 aliphatic heterocycles. The molecule has 3 rings (SSSR count). The van der Waals surface area contributed by atoms with Gasteiger partial charge in [0.2, 0.25) is 5.91 Å². The number of likely N-dealkylation sites (tertiary alicyclic amines) is 1. The van der Waals surface area contributed by atoms with Crippen molar-refractivity contribution >= 4 is 17.2 Å². The molecule has 0 radical (unpaired) electrons. The van der Waals surface area contributed by atoms with Gasteiger partial charge in [0.25, 0.3) is 6.43 Å². The lowest BCUT2D eigenvalue weighted by molar-refractivity contribution is -0.121. The Hall–Kier alpha value is -2.71. The zero-order chi connectivity index (χ0) is 22.9. The molecule has 172 valence electrons. The molecule has 32 heavy (non-hydrogen) atoms. The minimum absolute atomic E-state index is 0.114. The molecule has 3 heterocycles. The van der Waals surface area contributed by atoms with E-state index in [-0.39, 0.29) is 30.3 Å². The minimum Gasteiger partial charge on any atom is -0.490 e. The maximum atomic E-state index is 13.4. The molecule has 2 aromatic heterocycles. The summed E-state index contributed by atoms with van der Waals surface area (Å²) in [6.07, 6.45) is 0.0961. The van der Waals surface area contributed by atoms with Crippen LogP contribution >= 0.6 is 11.3 Å². The first-order valence-corrected chi connectivity index (χ1v) is 11.2. The number of thiazole rings is 1. The van der Waals surface area contributed by atoms with Gasteiger partial charge in [-0.25, -0.2) is 18.7 Å². The third-order valence-corrected chi connectivity index (χ3v) is 6.33. The molecule has 0 aromatic carbocycles. The molecule has 1 unspecified atom stereocenters. The summed E-state index contributed by atoms with van der Waals surface area (Å²) in [7, 11) is 0. The average Bonchev–Trinajstić information content (AvgIpc) is 3.29. The van der Waals surface area contributed by atoms with Crippen LogP contribution in [0.15, 0.2) is 23.8 Å². The first-order chi connectivity index (χ1) is 15.5. The zero-order valence-electron chi connectivity index (χ0n) is 17.3. The highest BCUT2D eigenvalue weighted by atomic mass is 32.1. The molecule has 0 spiro atoms. The van der Waals surface area contributed by atoms with Gasteiger partial charge in [-0.1, -0.05) is 0 Å². The van der Waals surface area contributed by atoms with Crippen LogP contribution in [0.3, 0.4) is 0 Å². The summed E-state index contributed by atoms with van der Waals surface area (Å²) in [4.78, 5) is 22.0. The molecule has 11 heteroatoms. The predicted octanol–water partition coefficient (Wildman–Crippen LogP) is 3.66. The topological polar surface area (TPSA) is 91.1 Å². The van der Waals surface area contributed by atoms with Gasteiger partial charge < -0.3 is 10.1 Å². The molecule has 0 saturated carbocycles. The number of nitrogens with one attached hydrogen (secondary N) is 1. The number of carbonyl (C=O) groups is 1. The molecule has 0 aliphatic carbocycles. The fraction of sp³-hybridized carbons (Fsp3) is 0.524. The molecule has 1 atom stereocenters. The van der Waals surface area contributed by atoms with Gasteiger partial charge >= 0.3 is 0 Å². The number of amides is 1. The summed E-state index contributed by atoms with van der Waals surface area (Å²) in [6.45, 7) is 1.01. The highest BCUT2D eigenvalue weighted by molar-refractivity contribution is 7.09. The molecule has 1 fully saturated rings. The van der Waals surface area contributed by atoms with E-state index < -0.39 is 25.0 Å². The third kappa shape index (κ3) is 6.17. The highest BCUT2D eigenvalue weighted by Crippen LogP contribution is 2.35. The van der Waals surface area contributed by atoms with E-state index in [0.717, 1.165) is 24.2 Å². The van der Waals surface area contributed by atoms with Crippen LogP contribution in [-0.4, -0.2) is 53.7 Å². The van der Waals surface area contributed by atoms with Gasteiger partial charge in [0.05, 0.1) is 36.1 Å². The number of aromatic nitrogens is 2. The number of carbonyl (C=O) groups excluding carboxylic acids is 1. The normalized spacial score (nSPS) is 16.0. The molecule has 1 amide bonds. The van der Waals surface area contributed by atoms with Crippen molar-refractivity contribution < 1.29 is 22.7 Å². The summed E-state index contributed by atoms with van der Waals surface area (Å²) in [5.74, 6) is 0.224. The van der Waals surface area contributed by atoms with Crippen LogP contribution in [0.4, 0.5) is 13.2 Å². The molecular weight excluding hydrogens is 443 g/mol. The highest BCUT2D eigenvalue weighted by Gasteiger charge is 2.31. The molecule has 7 nitrogen and oxygen atoms in total. The summed E-state index contributed by atoms with van der Waals surface area (Å²) in [6, 6.07) is 4.95. The molecule has 1 saturated heterocycles. The van der Waals surface area contributed by atoms with E-state index in [0.29, 0.717) is 30.3 Å². The summed E-state index contributed by atoms with van der Waals surface area (Å²) >= 11 is 1.14. The largest absolute Gasteiger partial charge is 0.490 e. The molecular formula is C21H24F3N5O2S. The second-order valence-corrected chi connectivity index (χ2v) is 8.30. The SMILES string of the molecule is N#Cc1ncccc1OCC1CCN(C(CNC(=O)CCF)c2scnc2C(F)F)CC1. The van der Waals surface area contributed by atoms with E-state index in [9.17, 15) is 18.0 Å². The number of piperidine rings is 1. The third-order valence-electron chi connectivity index (χ3n) is 5.39. The van der Waals surface area contributed by atoms with Gasteiger partial charge in [-0.3, -0.25) is 14.1 Å². The van der Waals surface area contributed by atoms with Crippen molar-refractivity contribution in [3.8, 4) is 11.8 Å². The minimum atomic E-state index is -2.71. The molecule has 1 aliphatic rings. The number of halogens is 3. The Bertz CT molecular complexity index is 928. The maximum absolute atomic E-state index is 13.4. The number of hydrogen-bond donors (Lipinski definition) is 1. The van der Waals surface area contributed by atoms with E-state index >= 15 is 0 Å². The van der Waals surface area contributed by atoms with Crippen molar-refractivity contribution in [1.82, 2.24) is 20.2 Å². The lowest BCUT2D eigenvalue weighted by Gasteiger charge is -2.37. The van der Waals surface area contributed by atoms with Gasteiger partial charge in [0.15, 0.2) is 11.4 Å². The Kier molecular flexibility index (Phi) is 8.81. The van der Waals surface area contributed by atoms with Crippen molar-refractivity contribution in [3.05, 3.63) is 40.1 Å². The Morgan fingerprint density at radius 2 is 2.16 bits per heavy atom. The van der Waals surface area contributed by atoms with Gasteiger partial charge in [0, 0.05) is 12.7 Å². The van der Waals surface area contributed by atoms with Crippen molar-refractivity contribution in [1.29, 1.82) is 5.26 Å². The number of nitriles is 1. The quantitative estimate of drug-likeness (QED) is 0.574. The van der Waals surface area contributed by atoms with Crippen molar-refractivity contribution in [3.63, 3.8) is 0 Å². The fourth-order valence-corrected chi connectivity index (χ4v) is 4.61. The van der Waals surface area contributed by atoms with Gasteiger partial charge in [-0.15, -0.1) is 11.3 Å². The number of nitrogens with zero attached hydrogens (tertiary/aromatic N) is 4. The van der Waals surface area contributed by atoms with Crippen LogP contribution in [0.5, 0.6) is 5.75 Å². The van der Waals surface area contributed by atoms with Gasteiger partial charge in [-0.05, 0) is 44.0 Å². The molecule has 2 aromatic rings. The van der Waals surface area contributed by atoms with Crippen LogP contribution in [0.2, 0.25) is 0 Å². The van der Waals surface area contributed by atoms with E-state index in [1.807, 2.05) is 6.07 Å². The van der Waals surface area contributed by atoms with E-state index in [4.69, 9.17) is 10.00 Å². The Morgan fingerprint density at radius 3 is 2.84 bits per heavy atom. The Balaban J connectivity index is 1.62. The standard InChI is InChI=1S/C21H24F3N5O2S/c22-6-3-18(30)27-11-16(20-19(21(23)24)28-13-32-20)29-8-4-14(5-9-29)12-31-17-2-1-7-26-15(17)10-25/h1-2,7,13-14,16,21H,3-6,8-9,11-12H2,(H,27,30). The average molecular weight is 468 g/mol. The first-order valence-electron chi connectivity index (χ1n) is 10.3. The monoisotopic (exact) mass is 467 g/mol. The van der Waals surface area contributed by atoms with Gasteiger partial charge in [-0.2, -0.15) is 5.26 Å². The van der Waals surface area contributed by atoms with E-state index in [1.54, 1.807) is 12.1 Å². The van der Waals surface area contributed by atoms with Crippen LogP contribution in [-0.2, 0) is 4.79 Å². The predicted molar refractivity (Wildman–Crippen MR) is 112 cm³/mol. The number of ether oxygens (including phenoxy) is 1. The Labute approximate surface area is 188 Å². The second kappa shape index (κ2) is 11.8. The van der Waals surface area contributed by atoms with Crippen LogP contribution < -0.4 is 10.1 Å². The molecule has 0 bridgehead atoms. The smallest absolute Gasteiger partial charge is 0.281 e. The van der Waals surface area contributed by atoms with Crippen molar-refractivity contribution in [2.24, 2.45) is 5.92 Å². The number of hydrogen-bond acceptors (Lipinski definition) is 7. The summed E-state index contributed by atoms with van der Waals surface area (Å²) in [5, 5.41) is 11.8. The van der Waals surface area contributed by atoms with Crippen LogP contribution in [0.1, 0.15) is 48.0 Å². The van der Waals surface area contributed by atoms with Crippen LogP contribution in [0, 0.1) is 17.2 Å².